The first-order valence-corrected chi connectivity index (χ1v) is 5.73. The zero-order valence-corrected chi connectivity index (χ0v) is 8.83. The van der Waals surface area contributed by atoms with Crippen molar-refractivity contribution in [2.45, 2.75) is 30.9 Å². The van der Waals surface area contributed by atoms with Gasteiger partial charge in [-0.25, -0.2) is 4.21 Å². The molecular weight excluding hydrogens is 198 g/mol. The van der Waals surface area contributed by atoms with Gasteiger partial charge in [0.1, 0.15) is 4.71 Å². The van der Waals surface area contributed by atoms with Crippen LogP contribution in [-0.4, -0.2) is 26.6 Å². The molecule has 0 fully saturated rings. The van der Waals surface area contributed by atoms with Gasteiger partial charge in [0, 0.05) is 0 Å². The Morgan fingerprint density at radius 1 is 1.58 bits per heavy atom. The predicted octanol–water partition coefficient (Wildman–Crippen LogP) is 1.55. The third-order valence-corrected chi connectivity index (χ3v) is 2.82. The maximum absolute atomic E-state index is 10.4. The topological polar surface area (TPSA) is 49.3 Å². The van der Waals surface area contributed by atoms with E-state index in [-0.39, 0.29) is 0 Å². The molecule has 5 heteroatoms. The standard InChI is InChI=1S/C7H16ClNO2S/c1-2-3-5-9-6-4-7(8)12(10)11/h7,9H,2-6H2,1H3,(H,10,11). The van der Waals surface area contributed by atoms with Crippen LogP contribution in [0, 0.1) is 0 Å². The Morgan fingerprint density at radius 3 is 2.75 bits per heavy atom. The highest BCUT2D eigenvalue weighted by Gasteiger charge is 2.09. The average Bonchev–Trinajstić information content (AvgIpc) is 2.03. The van der Waals surface area contributed by atoms with Crippen LogP contribution in [0.15, 0.2) is 0 Å². The van der Waals surface area contributed by atoms with Gasteiger partial charge in [-0.2, -0.15) is 0 Å². The molecule has 0 aliphatic heterocycles. The lowest BCUT2D eigenvalue weighted by atomic mass is 10.3. The van der Waals surface area contributed by atoms with E-state index in [9.17, 15) is 4.21 Å². The molecule has 0 rings (SSSR count). The Hall–Kier alpha value is 0.360. The lowest BCUT2D eigenvalue weighted by Gasteiger charge is -2.05. The van der Waals surface area contributed by atoms with Crippen LogP contribution in [0.5, 0.6) is 0 Å². The van der Waals surface area contributed by atoms with Gasteiger partial charge in [-0.1, -0.05) is 13.3 Å². The van der Waals surface area contributed by atoms with Crippen LogP contribution < -0.4 is 5.32 Å². The lowest BCUT2D eigenvalue weighted by molar-refractivity contribution is 0.551. The number of halogens is 1. The monoisotopic (exact) mass is 213 g/mol. The van der Waals surface area contributed by atoms with Crippen molar-refractivity contribution in [3.05, 3.63) is 0 Å². The van der Waals surface area contributed by atoms with E-state index in [2.05, 4.69) is 12.2 Å². The number of unbranched alkanes of at least 4 members (excludes halogenated alkanes) is 1. The molecule has 2 atom stereocenters. The fourth-order valence-electron chi connectivity index (χ4n) is 0.743. The third kappa shape index (κ3) is 7.03. The van der Waals surface area contributed by atoms with Crippen LogP contribution in [0.4, 0.5) is 0 Å². The number of hydrogen-bond donors (Lipinski definition) is 2. The Morgan fingerprint density at radius 2 is 2.25 bits per heavy atom. The first-order chi connectivity index (χ1) is 5.68. The lowest BCUT2D eigenvalue weighted by Crippen LogP contribution is -2.21. The van der Waals surface area contributed by atoms with Gasteiger partial charge in [-0.05, 0) is 25.9 Å². The van der Waals surface area contributed by atoms with Gasteiger partial charge in [0.2, 0.25) is 0 Å². The fraction of sp³-hybridized carbons (Fsp3) is 1.00. The summed E-state index contributed by atoms with van der Waals surface area (Å²) < 4.78 is 18.3. The van der Waals surface area contributed by atoms with Crippen LogP contribution in [0.3, 0.4) is 0 Å². The Bertz CT molecular complexity index is 135. The molecule has 0 saturated heterocycles. The maximum Gasteiger partial charge on any atom is 0.171 e. The summed E-state index contributed by atoms with van der Waals surface area (Å²) in [6.07, 6.45) is 2.83. The zero-order valence-electron chi connectivity index (χ0n) is 7.25. The minimum Gasteiger partial charge on any atom is -0.317 e. The second kappa shape index (κ2) is 7.98. The van der Waals surface area contributed by atoms with Crippen LogP contribution in [0.25, 0.3) is 0 Å². The molecule has 0 aliphatic rings. The molecule has 3 nitrogen and oxygen atoms in total. The first kappa shape index (κ1) is 12.4. The molecule has 0 spiro atoms. The summed E-state index contributed by atoms with van der Waals surface area (Å²) in [6, 6.07) is 0. The highest BCUT2D eigenvalue weighted by molar-refractivity contribution is 7.81. The zero-order chi connectivity index (χ0) is 9.40. The van der Waals surface area contributed by atoms with Crippen molar-refractivity contribution in [3.8, 4) is 0 Å². The van der Waals surface area contributed by atoms with E-state index in [1.54, 1.807) is 0 Å². The van der Waals surface area contributed by atoms with Gasteiger partial charge in [-0.15, -0.1) is 11.6 Å². The van der Waals surface area contributed by atoms with Crippen molar-refractivity contribution >= 4 is 22.7 Å². The van der Waals surface area contributed by atoms with E-state index in [1.165, 1.54) is 0 Å². The van der Waals surface area contributed by atoms with Gasteiger partial charge in [0.25, 0.3) is 0 Å². The summed E-state index contributed by atoms with van der Waals surface area (Å²) in [4.78, 5) is 0. The second-order valence-electron chi connectivity index (χ2n) is 2.58. The first-order valence-electron chi connectivity index (χ1n) is 4.13. The molecular formula is C7H16ClNO2S. The summed E-state index contributed by atoms with van der Waals surface area (Å²) in [6.45, 7) is 3.79. The molecule has 0 radical (unpaired) electrons. The molecule has 0 aromatic carbocycles. The second-order valence-corrected chi connectivity index (χ2v) is 4.49. The number of hydrogen-bond acceptors (Lipinski definition) is 2. The maximum atomic E-state index is 10.4. The smallest absolute Gasteiger partial charge is 0.171 e. The van der Waals surface area contributed by atoms with E-state index < -0.39 is 15.8 Å². The van der Waals surface area contributed by atoms with E-state index in [4.69, 9.17) is 16.2 Å². The highest BCUT2D eigenvalue weighted by Crippen LogP contribution is 2.03. The van der Waals surface area contributed by atoms with E-state index >= 15 is 0 Å². The molecule has 12 heavy (non-hydrogen) atoms. The molecule has 0 saturated carbocycles. The average molecular weight is 214 g/mol. The molecule has 2 N–H and O–H groups in total. The Balaban J connectivity index is 3.14. The van der Waals surface area contributed by atoms with Gasteiger partial charge in [0.15, 0.2) is 11.1 Å². The molecule has 74 valence electrons. The molecule has 0 aromatic heterocycles. The minimum absolute atomic E-state index is 0.536. The molecule has 0 amide bonds. The molecule has 2 unspecified atom stereocenters. The molecule has 0 aliphatic carbocycles. The summed E-state index contributed by atoms with van der Waals surface area (Å²) in [7, 11) is 0. The summed E-state index contributed by atoms with van der Waals surface area (Å²) in [5.74, 6) is 0. The third-order valence-electron chi connectivity index (χ3n) is 1.47. The van der Waals surface area contributed by atoms with Gasteiger partial charge >= 0.3 is 0 Å². The number of rotatable bonds is 7. The van der Waals surface area contributed by atoms with E-state index in [0.717, 1.165) is 19.4 Å². The van der Waals surface area contributed by atoms with Crippen molar-refractivity contribution in [1.82, 2.24) is 5.32 Å². The summed E-state index contributed by atoms with van der Waals surface area (Å²) in [5.41, 5.74) is 0. The fourth-order valence-corrected chi connectivity index (χ4v) is 1.17. The Labute approximate surface area is 81.2 Å². The number of nitrogens with one attached hydrogen (secondary N) is 1. The highest BCUT2D eigenvalue weighted by atomic mass is 35.5. The van der Waals surface area contributed by atoms with Crippen LogP contribution in [0.2, 0.25) is 0 Å². The number of alkyl halides is 1. The van der Waals surface area contributed by atoms with Crippen molar-refractivity contribution in [2.24, 2.45) is 0 Å². The molecule has 0 heterocycles. The predicted molar refractivity (Wildman–Crippen MR) is 52.8 cm³/mol. The summed E-state index contributed by atoms with van der Waals surface area (Å²) >= 11 is 3.65. The minimum atomic E-state index is -1.89. The van der Waals surface area contributed by atoms with Gasteiger partial charge in [-0.3, -0.25) is 0 Å². The van der Waals surface area contributed by atoms with E-state index in [0.29, 0.717) is 13.0 Å². The van der Waals surface area contributed by atoms with Crippen LogP contribution in [-0.2, 0) is 11.1 Å². The van der Waals surface area contributed by atoms with Gasteiger partial charge < -0.3 is 9.87 Å². The van der Waals surface area contributed by atoms with Crippen molar-refractivity contribution in [3.63, 3.8) is 0 Å². The molecule has 0 bridgehead atoms. The van der Waals surface area contributed by atoms with Gasteiger partial charge in [0.05, 0.1) is 0 Å². The Kier molecular flexibility index (Phi) is 8.22. The van der Waals surface area contributed by atoms with Crippen molar-refractivity contribution in [1.29, 1.82) is 0 Å². The van der Waals surface area contributed by atoms with Crippen LogP contribution in [0.1, 0.15) is 26.2 Å². The van der Waals surface area contributed by atoms with Crippen LogP contribution >= 0.6 is 11.6 Å². The molecule has 0 aromatic rings. The van der Waals surface area contributed by atoms with Crippen molar-refractivity contribution in [2.75, 3.05) is 13.1 Å². The van der Waals surface area contributed by atoms with E-state index in [1.807, 2.05) is 0 Å². The van der Waals surface area contributed by atoms with Crippen molar-refractivity contribution < 1.29 is 8.76 Å². The summed E-state index contributed by atoms with van der Waals surface area (Å²) in [5, 5.41) is 3.14. The largest absolute Gasteiger partial charge is 0.317 e. The SMILES string of the molecule is CCCCNCCC(Cl)S(=O)O. The normalized spacial score (nSPS) is 15.9. The quantitative estimate of drug-likeness (QED) is 0.383.